The van der Waals surface area contributed by atoms with Crippen molar-refractivity contribution in [1.82, 2.24) is 4.90 Å². The Balaban J connectivity index is 2.48. The number of halogens is 1. The molecule has 1 atom stereocenters. The van der Waals surface area contributed by atoms with Gasteiger partial charge in [-0.3, -0.25) is 0 Å². The van der Waals surface area contributed by atoms with Crippen molar-refractivity contribution >= 4 is 16.2 Å². The second kappa shape index (κ2) is 6.38. The van der Waals surface area contributed by atoms with Gasteiger partial charge in [0.15, 0.2) is 0 Å². The molecule has 9 heteroatoms. The quantitative estimate of drug-likeness (QED) is 0.710. The lowest BCUT2D eigenvalue weighted by atomic mass is 9.77. The van der Waals surface area contributed by atoms with Crippen LogP contribution in [0.25, 0.3) is 0 Å². The van der Waals surface area contributed by atoms with Crippen LogP contribution in [0.4, 0.5) is 9.18 Å². The van der Waals surface area contributed by atoms with Gasteiger partial charge in [-0.05, 0) is 27.2 Å². The third-order valence-corrected chi connectivity index (χ3v) is 3.56. The predicted octanol–water partition coefficient (Wildman–Crippen LogP) is 1.80. The molecule has 1 rings (SSSR count). The maximum atomic E-state index is 13.4. The molecule has 126 valence electrons. The fourth-order valence-corrected chi connectivity index (χ4v) is 2.53. The first kappa shape index (κ1) is 18.6. The van der Waals surface area contributed by atoms with Crippen LogP contribution in [-0.4, -0.2) is 50.7 Å². The van der Waals surface area contributed by atoms with Gasteiger partial charge in [-0.15, -0.1) is 0 Å². The number of carbonyl (C=O) groups is 1. The Labute approximate surface area is 130 Å². The molecule has 0 saturated carbocycles. The molecule has 1 amide bonds. The normalized spacial score (nSPS) is 19.0. The predicted molar refractivity (Wildman–Crippen MR) is 75.9 cm³/mol. The molecule has 0 N–H and O–H groups in total. The van der Waals surface area contributed by atoms with E-state index in [0.717, 1.165) is 6.26 Å². The summed E-state index contributed by atoms with van der Waals surface area (Å²) in [6.45, 7) is 5.46. The fourth-order valence-electron chi connectivity index (χ4n) is 2.05. The summed E-state index contributed by atoms with van der Waals surface area (Å²) in [5, 5.41) is 9.20. The van der Waals surface area contributed by atoms with Crippen LogP contribution in [0.15, 0.2) is 0 Å². The second-order valence-corrected chi connectivity index (χ2v) is 8.08. The third-order valence-electron chi connectivity index (χ3n) is 3.00. The van der Waals surface area contributed by atoms with Gasteiger partial charge < -0.3 is 9.64 Å². The van der Waals surface area contributed by atoms with Crippen molar-refractivity contribution in [3.05, 3.63) is 0 Å². The smallest absolute Gasteiger partial charge is 0.410 e. The zero-order valence-corrected chi connectivity index (χ0v) is 13.9. The number of likely N-dealkylation sites (tertiary alicyclic amines) is 1. The van der Waals surface area contributed by atoms with Crippen molar-refractivity contribution in [2.75, 3.05) is 19.3 Å². The van der Waals surface area contributed by atoms with Crippen molar-refractivity contribution in [3.63, 3.8) is 0 Å². The van der Waals surface area contributed by atoms with Crippen LogP contribution in [0.2, 0.25) is 0 Å². The SMILES string of the molecule is CC(C)(C)OC(=O)N1CC(C#N)(CC[C@H](F)OS(C)(=O)=O)C1. The van der Waals surface area contributed by atoms with E-state index in [2.05, 4.69) is 10.3 Å². The van der Waals surface area contributed by atoms with E-state index in [0.29, 0.717) is 0 Å². The molecule has 1 fully saturated rings. The Morgan fingerprint density at radius 3 is 2.41 bits per heavy atom. The molecule has 0 aromatic rings. The first-order chi connectivity index (χ1) is 9.86. The average Bonchev–Trinajstić information content (AvgIpc) is 2.22. The average molecular weight is 336 g/mol. The Bertz CT molecular complexity index is 558. The van der Waals surface area contributed by atoms with Gasteiger partial charge in [-0.1, -0.05) is 0 Å². The zero-order chi connectivity index (χ0) is 17.2. The minimum atomic E-state index is -3.87. The molecule has 1 saturated heterocycles. The summed E-state index contributed by atoms with van der Waals surface area (Å²) in [6, 6.07) is 2.06. The molecule has 0 aromatic heterocycles. The molecule has 0 radical (unpaired) electrons. The van der Waals surface area contributed by atoms with Gasteiger partial charge in [0.2, 0.25) is 6.36 Å². The van der Waals surface area contributed by atoms with Crippen LogP contribution in [0.3, 0.4) is 0 Å². The standard InChI is InChI=1S/C13H21FN2O5S/c1-12(2,3)20-11(17)16-8-13(7-15,9-16)6-5-10(14)21-22(4,18)19/h10H,5-6,8-9H2,1-4H3/t10-/m1/s1. The second-order valence-electron chi connectivity index (χ2n) is 6.48. The number of carbonyl (C=O) groups excluding carboxylic acids is 1. The number of ether oxygens (including phenoxy) is 1. The highest BCUT2D eigenvalue weighted by atomic mass is 32.2. The molecule has 0 spiro atoms. The minimum absolute atomic E-state index is 0.0967. The van der Waals surface area contributed by atoms with E-state index in [1.54, 1.807) is 20.8 Å². The van der Waals surface area contributed by atoms with E-state index >= 15 is 0 Å². The van der Waals surface area contributed by atoms with Gasteiger partial charge in [0, 0.05) is 19.5 Å². The van der Waals surface area contributed by atoms with Crippen molar-refractivity contribution in [3.8, 4) is 6.07 Å². The Morgan fingerprint density at radius 1 is 1.45 bits per heavy atom. The number of nitriles is 1. The number of hydrogen-bond acceptors (Lipinski definition) is 6. The summed E-state index contributed by atoms with van der Waals surface area (Å²) in [7, 11) is -3.87. The topological polar surface area (TPSA) is 96.7 Å². The van der Waals surface area contributed by atoms with Gasteiger partial charge in [0.05, 0.1) is 17.7 Å². The summed E-state index contributed by atoms with van der Waals surface area (Å²) in [5.74, 6) is 0. The van der Waals surface area contributed by atoms with E-state index in [4.69, 9.17) is 4.74 Å². The molecule has 0 bridgehead atoms. The van der Waals surface area contributed by atoms with E-state index in [9.17, 15) is 22.9 Å². The molecule has 7 nitrogen and oxygen atoms in total. The minimum Gasteiger partial charge on any atom is -0.444 e. The van der Waals surface area contributed by atoms with Gasteiger partial charge in [-0.2, -0.15) is 13.7 Å². The van der Waals surface area contributed by atoms with Gasteiger partial charge in [0.1, 0.15) is 5.60 Å². The van der Waals surface area contributed by atoms with Crippen molar-refractivity contribution < 1.29 is 26.5 Å². The molecule has 0 aliphatic carbocycles. The number of rotatable bonds is 5. The van der Waals surface area contributed by atoms with Gasteiger partial charge >= 0.3 is 6.09 Å². The number of amides is 1. The highest BCUT2D eigenvalue weighted by Crippen LogP contribution is 2.36. The summed E-state index contributed by atoms with van der Waals surface area (Å²) in [6.07, 6.45) is -1.89. The fraction of sp³-hybridized carbons (Fsp3) is 0.846. The lowest BCUT2D eigenvalue weighted by Gasteiger charge is -2.45. The van der Waals surface area contributed by atoms with E-state index in [-0.39, 0.29) is 25.9 Å². The Hall–Kier alpha value is -1.40. The molecule has 1 aliphatic heterocycles. The summed E-state index contributed by atoms with van der Waals surface area (Å²) >= 11 is 0. The van der Waals surface area contributed by atoms with Crippen LogP contribution < -0.4 is 0 Å². The van der Waals surface area contributed by atoms with Gasteiger partial charge in [0.25, 0.3) is 10.1 Å². The van der Waals surface area contributed by atoms with Crippen LogP contribution in [-0.2, 0) is 19.0 Å². The highest BCUT2D eigenvalue weighted by molar-refractivity contribution is 7.86. The number of hydrogen-bond donors (Lipinski definition) is 0. The lowest BCUT2D eigenvalue weighted by molar-refractivity contribution is -0.0256. The number of nitrogens with zero attached hydrogens (tertiary/aromatic N) is 2. The summed E-state index contributed by atoms with van der Waals surface area (Å²) in [4.78, 5) is 13.1. The van der Waals surface area contributed by atoms with Crippen LogP contribution in [0.1, 0.15) is 33.6 Å². The van der Waals surface area contributed by atoms with Crippen molar-refractivity contribution in [2.24, 2.45) is 5.41 Å². The first-order valence-electron chi connectivity index (χ1n) is 6.77. The molecular formula is C13H21FN2O5S. The molecule has 0 aromatic carbocycles. The van der Waals surface area contributed by atoms with Crippen molar-refractivity contribution in [1.29, 1.82) is 5.26 Å². The highest BCUT2D eigenvalue weighted by Gasteiger charge is 2.47. The lowest BCUT2D eigenvalue weighted by Crippen LogP contribution is -2.58. The van der Waals surface area contributed by atoms with E-state index < -0.39 is 33.6 Å². The maximum Gasteiger partial charge on any atom is 0.410 e. The largest absolute Gasteiger partial charge is 0.444 e. The number of alkyl halides is 1. The summed E-state index contributed by atoms with van der Waals surface area (Å²) in [5.41, 5.74) is -1.52. The molecule has 1 aliphatic rings. The molecule has 22 heavy (non-hydrogen) atoms. The van der Waals surface area contributed by atoms with Crippen molar-refractivity contribution in [2.45, 2.75) is 45.6 Å². The maximum absolute atomic E-state index is 13.4. The van der Waals surface area contributed by atoms with Crippen LogP contribution in [0.5, 0.6) is 0 Å². The Morgan fingerprint density at radius 2 is 2.00 bits per heavy atom. The monoisotopic (exact) mass is 336 g/mol. The zero-order valence-electron chi connectivity index (χ0n) is 13.1. The molecular weight excluding hydrogens is 315 g/mol. The Kier molecular flexibility index (Phi) is 5.41. The van der Waals surface area contributed by atoms with E-state index in [1.165, 1.54) is 4.90 Å². The molecule has 1 heterocycles. The summed E-state index contributed by atoms with van der Waals surface area (Å²) < 4.78 is 44.3. The third kappa shape index (κ3) is 5.77. The van der Waals surface area contributed by atoms with Crippen LogP contribution >= 0.6 is 0 Å². The van der Waals surface area contributed by atoms with Gasteiger partial charge in [-0.25, -0.2) is 13.4 Å². The van der Waals surface area contributed by atoms with Crippen LogP contribution in [0, 0.1) is 16.7 Å². The van der Waals surface area contributed by atoms with E-state index in [1.807, 2.05) is 0 Å². The first-order valence-corrected chi connectivity index (χ1v) is 8.59. The molecule has 0 unspecified atom stereocenters.